The molecule has 0 amide bonds. The second kappa shape index (κ2) is 12.9. The SMILES string of the molecule is CCC(OC)[C@@](C)(O)C[C@@H](C)CN(C)[C@H](C)CC(C)CC(C)C(O)C(C)C=O. The van der Waals surface area contributed by atoms with Gasteiger partial charge in [-0.3, -0.25) is 0 Å². The van der Waals surface area contributed by atoms with Gasteiger partial charge in [0.05, 0.1) is 17.8 Å². The van der Waals surface area contributed by atoms with Gasteiger partial charge in [0.1, 0.15) is 6.29 Å². The van der Waals surface area contributed by atoms with Crippen molar-refractivity contribution in [2.75, 3.05) is 20.7 Å². The van der Waals surface area contributed by atoms with Gasteiger partial charge < -0.3 is 24.6 Å². The van der Waals surface area contributed by atoms with Crippen LogP contribution in [-0.4, -0.2) is 66.0 Å². The third-order valence-electron chi connectivity index (χ3n) is 6.32. The van der Waals surface area contributed by atoms with Gasteiger partial charge in [0.15, 0.2) is 0 Å². The van der Waals surface area contributed by atoms with E-state index < -0.39 is 11.7 Å². The van der Waals surface area contributed by atoms with Crippen LogP contribution in [0.3, 0.4) is 0 Å². The fraction of sp³-hybridized carbons (Fsp3) is 0.957. The number of methoxy groups -OCH3 is 1. The third-order valence-corrected chi connectivity index (χ3v) is 6.32. The molecule has 0 aromatic carbocycles. The number of carbonyl (C=O) groups is 1. The summed E-state index contributed by atoms with van der Waals surface area (Å²) in [6.07, 6.45) is 3.59. The Bertz CT molecular complexity index is 425. The van der Waals surface area contributed by atoms with E-state index in [9.17, 15) is 15.0 Å². The minimum absolute atomic E-state index is 0.113. The summed E-state index contributed by atoms with van der Waals surface area (Å²) < 4.78 is 5.45. The van der Waals surface area contributed by atoms with Crippen molar-refractivity contribution in [1.29, 1.82) is 0 Å². The van der Waals surface area contributed by atoms with Crippen molar-refractivity contribution in [2.45, 2.75) is 98.0 Å². The van der Waals surface area contributed by atoms with E-state index in [2.05, 4.69) is 32.7 Å². The Kier molecular flexibility index (Phi) is 12.7. The highest BCUT2D eigenvalue weighted by atomic mass is 16.5. The van der Waals surface area contributed by atoms with Crippen molar-refractivity contribution in [3.05, 3.63) is 0 Å². The smallest absolute Gasteiger partial charge is 0.125 e. The molecule has 0 bridgehead atoms. The molecule has 5 unspecified atom stereocenters. The van der Waals surface area contributed by atoms with Crippen molar-refractivity contribution < 1.29 is 19.7 Å². The normalized spacial score (nSPS) is 22.0. The van der Waals surface area contributed by atoms with Crippen LogP contribution in [0.2, 0.25) is 0 Å². The molecule has 5 nitrogen and oxygen atoms in total. The predicted octanol–water partition coefficient (Wildman–Crippen LogP) is 3.76. The lowest BCUT2D eigenvalue weighted by Gasteiger charge is -2.36. The first kappa shape index (κ1) is 27.5. The summed E-state index contributed by atoms with van der Waals surface area (Å²) in [5.41, 5.74) is -0.818. The second-order valence-corrected chi connectivity index (χ2v) is 9.63. The lowest BCUT2D eigenvalue weighted by atomic mass is 9.84. The van der Waals surface area contributed by atoms with Crippen molar-refractivity contribution in [2.24, 2.45) is 23.7 Å². The second-order valence-electron chi connectivity index (χ2n) is 9.63. The predicted molar refractivity (Wildman–Crippen MR) is 116 cm³/mol. The fourth-order valence-electron chi connectivity index (χ4n) is 4.66. The first-order valence-corrected chi connectivity index (χ1v) is 11.0. The van der Waals surface area contributed by atoms with E-state index in [0.29, 0.717) is 24.3 Å². The van der Waals surface area contributed by atoms with Crippen LogP contribution >= 0.6 is 0 Å². The molecular weight excluding hydrogens is 354 g/mol. The number of nitrogens with zero attached hydrogens (tertiary/aromatic N) is 1. The molecule has 0 saturated carbocycles. The van der Waals surface area contributed by atoms with Crippen molar-refractivity contribution >= 4 is 6.29 Å². The molecule has 0 aliphatic heterocycles. The summed E-state index contributed by atoms with van der Waals surface area (Å²) in [4.78, 5) is 13.3. The molecule has 0 aromatic rings. The Morgan fingerprint density at radius 1 is 1.11 bits per heavy atom. The molecule has 2 N–H and O–H groups in total. The van der Waals surface area contributed by atoms with Crippen LogP contribution in [0, 0.1) is 23.7 Å². The average molecular weight is 402 g/mol. The van der Waals surface area contributed by atoms with E-state index in [1.807, 2.05) is 20.8 Å². The van der Waals surface area contributed by atoms with Gasteiger partial charge in [-0.2, -0.15) is 0 Å². The Hall–Kier alpha value is -0.490. The minimum Gasteiger partial charge on any atom is -0.392 e. The molecule has 8 atom stereocenters. The van der Waals surface area contributed by atoms with Crippen LogP contribution in [0.1, 0.15) is 74.1 Å². The summed E-state index contributed by atoms with van der Waals surface area (Å²) in [7, 11) is 3.81. The van der Waals surface area contributed by atoms with Crippen LogP contribution in [0.15, 0.2) is 0 Å². The van der Waals surface area contributed by atoms with E-state index in [1.54, 1.807) is 14.0 Å². The molecule has 0 heterocycles. The van der Waals surface area contributed by atoms with E-state index in [-0.39, 0.29) is 17.9 Å². The first-order chi connectivity index (χ1) is 12.9. The topological polar surface area (TPSA) is 70.0 Å². The maximum absolute atomic E-state index is 10.9. The van der Waals surface area contributed by atoms with Gasteiger partial charge >= 0.3 is 0 Å². The van der Waals surface area contributed by atoms with Gasteiger partial charge in [-0.15, -0.1) is 0 Å². The molecular formula is C23H47NO4. The Labute approximate surface area is 173 Å². The molecule has 0 aromatic heterocycles. The Morgan fingerprint density at radius 3 is 2.14 bits per heavy atom. The summed E-state index contributed by atoms with van der Waals surface area (Å²) in [6.45, 7) is 15.3. The number of rotatable bonds is 15. The first-order valence-electron chi connectivity index (χ1n) is 11.0. The molecule has 0 radical (unpaired) electrons. The number of hydrogen-bond acceptors (Lipinski definition) is 5. The lowest BCUT2D eigenvalue weighted by molar-refractivity contribution is -0.114. The molecule has 0 saturated heterocycles. The van der Waals surface area contributed by atoms with Crippen molar-refractivity contribution in [3.63, 3.8) is 0 Å². The molecule has 0 spiro atoms. The standard InChI is InChI=1S/C23H47NO4/c1-10-21(28-9)23(7,27)13-17(3)14-24(8)20(6)12-16(2)11-18(4)22(26)19(5)15-25/h15-22,26-27H,10-14H2,1-9H3/t16?,17-,18?,19?,20-,21?,22?,23+/m1/s1. The monoisotopic (exact) mass is 401 g/mol. The van der Waals surface area contributed by atoms with Crippen molar-refractivity contribution in [1.82, 2.24) is 4.90 Å². The van der Waals surface area contributed by atoms with Crippen LogP contribution in [0.4, 0.5) is 0 Å². The zero-order valence-corrected chi connectivity index (χ0v) is 19.8. The number of ether oxygens (including phenoxy) is 1. The van der Waals surface area contributed by atoms with Gasteiger partial charge in [-0.05, 0) is 64.3 Å². The quantitative estimate of drug-likeness (QED) is 0.409. The highest BCUT2D eigenvalue weighted by molar-refractivity contribution is 5.53. The van der Waals surface area contributed by atoms with Gasteiger partial charge in [0.25, 0.3) is 0 Å². The van der Waals surface area contributed by atoms with Crippen LogP contribution in [0.25, 0.3) is 0 Å². The van der Waals surface area contributed by atoms with Gasteiger partial charge in [-0.1, -0.05) is 34.6 Å². The van der Waals surface area contributed by atoms with E-state index in [4.69, 9.17) is 4.74 Å². The highest BCUT2D eigenvalue weighted by Crippen LogP contribution is 2.27. The third kappa shape index (κ3) is 9.34. The molecule has 168 valence electrons. The Balaban J connectivity index is 4.54. The highest BCUT2D eigenvalue weighted by Gasteiger charge is 2.33. The molecule has 0 fully saturated rings. The maximum atomic E-state index is 10.9. The largest absolute Gasteiger partial charge is 0.392 e. The molecule has 0 aliphatic rings. The van der Waals surface area contributed by atoms with Gasteiger partial charge in [0.2, 0.25) is 0 Å². The molecule has 28 heavy (non-hydrogen) atoms. The van der Waals surface area contributed by atoms with Gasteiger partial charge in [0, 0.05) is 25.6 Å². The summed E-state index contributed by atoms with van der Waals surface area (Å²) >= 11 is 0. The van der Waals surface area contributed by atoms with Crippen LogP contribution in [0.5, 0.6) is 0 Å². The van der Waals surface area contributed by atoms with Crippen LogP contribution in [-0.2, 0) is 9.53 Å². The number of aliphatic hydroxyl groups is 2. The Morgan fingerprint density at radius 2 is 1.68 bits per heavy atom. The van der Waals surface area contributed by atoms with E-state index >= 15 is 0 Å². The minimum atomic E-state index is -0.818. The van der Waals surface area contributed by atoms with Crippen LogP contribution < -0.4 is 0 Å². The fourth-order valence-corrected chi connectivity index (χ4v) is 4.66. The zero-order valence-electron chi connectivity index (χ0n) is 19.8. The zero-order chi connectivity index (χ0) is 22.1. The number of aldehydes is 1. The summed E-state index contributed by atoms with van der Waals surface area (Å²) in [5.74, 6) is 0.630. The van der Waals surface area contributed by atoms with Crippen molar-refractivity contribution in [3.8, 4) is 0 Å². The number of hydrogen-bond donors (Lipinski definition) is 2. The molecule has 0 rings (SSSR count). The molecule has 5 heteroatoms. The number of aliphatic hydroxyl groups excluding tert-OH is 1. The van der Waals surface area contributed by atoms with Gasteiger partial charge in [-0.25, -0.2) is 0 Å². The lowest BCUT2D eigenvalue weighted by Crippen LogP contribution is -2.43. The van der Waals surface area contributed by atoms with E-state index in [0.717, 1.165) is 32.1 Å². The maximum Gasteiger partial charge on any atom is 0.125 e. The summed E-state index contributed by atoms with van der Waals surface area (Å²) in [5, 5.41) is 21.0. The summed E-state index contributed by atoms with van der Waals surface area (Å²) in [6, 6.07) is 0.416. The van der Waals surface area contributed by atoms with E-state index in [1.165, 1.54) is 0 Å². The average Bonchev–Trinajstić information content (AvgIpc) is 2.59. The molecule has 0 aliphatic carbocycles. The number of carbonyl (C=O) groups excluding carboxylic acids is 1.